The van der Waals surface area contributed by atoms with E-state index in [1.807, 2.05) is 19.2 Å². The molecule has 0 saturated heterocycles. The zero-order valence-electron chi connectivity index (χ0n) is 14.3. The quantitative estimate of drug-likeness (QED) is 0.394. The maximum atomic E-state index is 10.8. The third kappa shape index (κ3) is 5.82. The van der Waals surface area contributed by atoms with Crippen LogP contribution in [0.3, 0.4) is 0 Å². The summed E-state index contributed by atoms with van der Waals surface area (Å²) in [7, 11) is 3.74. The predicted octanol–water partition coefficient (Wildman–Crippen LogP) is 3.18. The van der Waals surface area contributed by atoms with Gasteiger partial charge in [0.15, 0.2) is 0 Å². The number of ether oxygens (including phenoxy) is 1. The van der Waals surface area contributed by atoms with Crippen molar-refractivity contribution in [2.45, 2.75) is 6.54 Å². The van der Waals surface area contributed by atoms with Crippen LogP contribution in [0, 0.1) is 10.1 Å². The molecule has 0 aliphatic carbocycles. The number of nitro groups is 1. The van der Waals surface area contributed by atoms with E-state index in [2.05, 4.69) is 10.2 Å². The Morgan fingerprint density at radius 1 is 1.32 bits per heavy atom. The molecule has 2 aromatic rings. The summed E-state index contributed by atoms with van der Waals surface area (Å²) in [5.41, 5.74) is 0.595. The Labute approximate surface area is 151 Å². The third-order valence-electron chi connectivity index (χ3n) is 3.74. The fourth-order valence-corrected chi connectivity index (χ4v) is 2.54. The molecule has 7 nitrogen and oxygen atoms in total. The summed E-state index contributed by atoms with van der Waals surface area (Å²) in [5, 5.41) is 14.4. The molecule has 0 aliphatic heterocycles. The van der Waals surface area contributed by atoms with E-state index in [0.717, 1.165) is 25.4 Å². The van der Waals surface area contributed by atoms with Crippen LogP contribution in [-0.4, -0.2) is 50.2 Å². The first-order valence-electron chi connectivity index (χ1n) is 7.92. The number of furan rings is 1. The van der Waals surface area contributed by atoms with Crippen LogP contribution in [0.4, 0.5) is 5.69 Å². The monoisotopic (exact) mass is 367 g/mol. The van der Waals surface area contributed by atoms with Gasteiger partial charge in [0.05, 0.1) is 23.1 Å². The average molecular weight is 368 g/mol. The summed E-state index contributed by atoms with van der Waals surface area (Å²) in [4.78, 5) is 12.5. The highest BCUT2D eigenvalue weighted by Gasteiger charge is 2.13. The second-order valence-electron chi connectivity index (χ2n) is 5.66. The summed E-state index contributed by atoms with van der Waals surface area (Å²) in [6, 6.07) is 8.02. The molecule has 1 heterocycles. The minimum atomic E-state index is -0.475. The van der Waals surface area contributed by atoms with Crippen LogP contribution in [-0.2, 0) is 11.3 Å². The summed E-state index contributed by atoms with van der Waals surface area (Å²) in [6.07, 6.45) is 0. The van der Waals surface area contributed by atoms with Gasteiger partial charge in [0, 0.05) is 44.4 Å². The number of nitrogens with zero attached hydrogens (tertiary/aromatic N) is 2. The number of rotatable bonds is 10. The molecule has 0 bridgehead atoms. The Kier molecular flexibility index (Phi) is 7.39. The van der Waals surface area contributed by atoms with Gasteiger partial charge in [-0.3, -0.25) is 10.1 Å². The molecule has 136 valence electrons. The Hall–Kier alpha value is -1.93. The highest BCUT2D eigenvalue weighted by atomic mass is 35.5. The summed E-state index contributed by atoms with van der Waals surface area (Å²) in [5.74, 6) is 1.37. The van der Waals surface area contributed by atoms with Crippen LogP contribution < -0.4 is 5.32 Å². The standard InChI is InChI=1S/C17H22ClN3O4/c1-20(9-10-24-2)8-7-19-12-14-4-6-17(25-14)15-5-3-13(21(22)23)11-16(15)18/h3-6,11,19H,7-10,12H2,1-2H3. The number of hydrogen-bond acceptors (Lipinski definition) is 6. The molecule has 1 N–H and O–H groups in total. The van der Waals surface area contributed by atoms with E-state index >= 15 is 0 Å². The van der Waals surface area contributed by atoms with Gasteiger partial charge in [0.1, 0.15) is 11.5 Å². The molecule has 0 unspecified atom stereocenters. The van der Waals surface area contributed by atoms with Crippen LogP contribution in [0.5, 0.6) is 0 Å². The molecule has 2 rings (SSSR count). The molecule has 1 aromatic carbocycles. The lowest BCUT2D eigenvalue weighted by molar-refractivity contribution is -0.384. The number of nitrogens with one attached hydrogen (secondary N) is 1. The Morgan fingerprint density at radius 2 is 2.12 bits per heavy atom. The largest absolute Gasteiger partial charge is 0.460 e. The Balaban J connectivity index is 1.87. The van der Waals surface area contributed by atoms with Crippen LogP contribution in [0.25, 0.3) is 11.3 Å². The van der Waals surface area contributed by atoms with Crippen molar-refractivity contribution < 1.29 is 14.1 Å². The van der Waals surface area contributed by atoms with Gasteiger partial charge in [-0.15, -0.1) is 0 Å². The molecule has 0 spiro atoms. The normalized spacial score (nSPS) is 11.2. The number of likely N-dealkylation sites (N-methyl/N-ethyl adjacent to an activating group) is 1. The minimum absolute atomic E-state index is 0.0419. The van der Waals surface area contributed by atoms with Gasteiger partial charge in [-0.25, -0.2) is 0 Å². The number of nitro benzene ring substituents is 1. The number of methoxy groups -OCH3 is 1. The molecule has 0 amide bonds. The molecular formula is C17H22ClN3O4. The van der Waals surface area contributed by atoms with E-state index in [9.17, 15) is 10.1 Å². The maximum absolute atomic E-state index is 10.8. The van der Waals surface area contributed by atoms with Gasteiger partial charge in [-0.2, -0.15) is 0 Å². The van der Waals surface area contributed by atoms with Crippen molar-refractivity contribution >= 4 is 17.3 Å². The van der Waals surface area contributed by atoms with Crippen molar-refractivity contribution in [1.29, 1.82) is 0 Å². The Bertz CT molecular complexity index is 705. The van der Waals surface area contributed by atoms with Crippen LogP contribution in [0.15, 0.2) is 34.7 Å². The highest BCUT2D eigenvalue weighted by Crippen LogP contribution is 2.32. The fraction of sp³-hybridized carbons (Fsp3) is 0.412. The molecule has 1 aromatic heterocycles. The van der Waals surface area contributed by atoms with E-state index in [1.54, 1.807) is 13.2 Å². The summed E-state index contributed by atoms with van der Waals surface area (Å²) in [6.45, 7) is 3.94. The second kappa shape index (κ2) is 9.53. The molecule has 0 aliphatic rings. The van der Waals surface area contributed by atoms with Gasteiger partial charge in [-0.05, 0) is 25.2 Å². The molecule has 0 atom stereocenters. The number of non-ortho nitro benzene ring substituents is 1. The van der Waals surface area contributed by atoms with Gasteiger partial charge in [0.25, 0.3) is 5.69 Å². The molecular weight excluding hydrogens is 346 g/mol. The Morgan fingerprint density at radius 3 is 2.80 bits per heavy atom. The topological polar surface area (TPSA) is 80.8 Å². The predicted molar refractivity (Wildman–Crippen MR) is 96.9 cm³/mol. The van der Waals surface area contributed by atoms with E-state index in [1.165, 1.54) is 12.1 Å². The van der Waals surface area contributed by atoms with Crippen molar-refractivity contribution in [1.82, 2.24) is 10.2 Å². The van der Waals surface area contributed by atoms with Crippen LogP contribution >= 0.6 is 11.6 Å². The van der Waals surface area contributed by atoms with Crippen molar-refractivity contribution in [3.05, 3.63) is 51.2 Å². The number of hydrogen-bond donors (Lipinski definition) is 1. The first-order chi connectivity index (χ1) is 12.0. The van der Waals surface area contributed by atoms with Gasteiger partial charge in [0.2, 0.25) is 0 Å². The SMILES string of the molecule is COCCN(C)CCNCc1ccc(-c2ccc([N+](=O)[O-])cc2Cl)o1. The highest BCUT2D eigenvalue weighted by molar-refractivity contribution is 6.33. The van der Waals surface area contributed by atoms with Crippen molar-refractivity contribution in [3.8, 4) is 11.3 Å². The lowest BCUT2D eigenvalue weighted by Crippen LogP contribution is -2.31. The summed E-state index contributed by atoms with van der Waals surface area (Å²) >= 11 is 6.12. The average Bonchev–Trinajstić information content (AvgIpc) is 3.05. The van der Waals surface area contributed by atoms with Crippen LogP contribution in [0.2, 0.25) is 5.02 Å². The lowest BCUT2D eigenvalue weighted by atomic mass is 10.1. The first-order valence-corrected chi connectivity index (χ1v) is 8.30. The van der Waals surface area contributed by atoms with E-state index < -0.39 is 4.92 Å². The molecule has 8 heteroatoms. The zero-order valence-corrected chi connectivity index (χ0v) is 15.1. The third-order valence-corrected chi connectivity index (χ3v) is 4.05. The van der Waals surface area contributed by atoms with Crippen molar-refractivity contribution in [2.24, 2.45) is 0 Å². The number of halogens is 1. The second-order valence-corrected chi connectivity index (χ2v) is 6.07. The van der Waals surface area contributed by atoms with E-state index in [4.69, 9.17) is 20.8 Å². The van der Waals surface area contributed by atoms with Crippen LogP contribution in [0.1, 0.15) is 5.76 Å². The summed E-state index contributed by atoms with van der Waals surface area (Å²) < 4.78 is 10.8. The fourth-order valence-electron chi connectivity index (χ4n) is 2.28. The van der Waals surface area contributed by atoms with Gasteiger partial charge in [-0.1, -0.05) is 11.6 Å². The van der Waals surface area contributed by atoms with Gasteiger partial charge < -0.3 is 19.4 Å². The molecule has 0 radical (unpaired) electrons. The smallest absolute Gasteiger partial charge is 0.270 e. The molecule has 25 heavy (non-hydrogen) atoms. The lowest BCUT2D eigenvalue weighted by Gasteiger charge is -2.15. The minimum Gasteiger partial charge on any atom is -0.460 e. The van der Waals surface area contributed by atoms with Crippen molar-refractivity contribution in [3.63, 3.8) is 0 Å². The van der Waals surface area contributed by atoms with E-state index in [0.29, 0.717) is 29.5 Å². The maximum Gasteiger partial charge on any atom is 0.270 e. The van der Waals surface area contributed by atoms with Gasteiger partial charge >= 0.3 is 0 Å². The van der Waals surface area contributed by atoms with E-state index in [-0.39, 0.29) is 5.69 Å². The zero-order chi connectivity index (χ0) is 18.2. The van der Waals surface area contributed by atoms with Crippen molar-refractivity contribution in [2.75, 3.05) is 40.4 Å². The first kappa shape index (κ1) is 19.4. The molecule has 0 saturated carbocycles. The molecule has 0 fully saturated rings. The number of benzene rings is 1.